The van der Waals surface area contributed by atoms with E-state index >= 15 is 0 Å². The van der Waals surface area contributed by atoms with E-state index in [2.05, 4.69) is 36.6 Å². The third kappa shape index (κ3) is 4.56. The number of carboxylic acids is 1. The van der Waals surface area contributed by atoms with Gasteiger partial charge in [-0.2, -0.15) is 0 Å². The van der Waals surface area contributed by atoms with Gasteiger partial charge in [0.2, 0.25) is 0 Å². The van der Waals surface area contributed by atoms with E-state index in [0.717, 1.165) is 53.2 Å². The van der Waals surface area contributed by atoms with Gasteiger partial charge in [-0.25, -0.2) is 0 Å². The van der Waals surface area contributed by atoms with Crippen molar-refractivity contribution in [3.63, 3.8) is 0 Å². The molecule has 1 amide bonds. The van der Waals surface area contributed by atoms with E-state index in [1.54, 1.807) is 0 Å². The molecule has 1 saturated heterocycles. The summed E-state index contributed by atoms with van der Waals surface area (Å²) in [6.07, 6.45) is 0. The summed E-state index contributed by atoms with van der Waals surface area (Å²) in [5.74, 6) is -0.982. The van der Waals surface area contributed by atoms with Crippen LogP contribution >= 0.6 is 15.9 Å². The topological polar surface area (TPSA) is 106 Å². The zero-order chi connectivity index (χ0) is 23.7. The monoisotopic (exact) mass is 525 g/mol. The quantitative estimate of drug-likeness (QED) is 0.302. The second-order valence-corrected chi connectivity index (χ2v) is 9.26. The molecule has 0 aliphatic carbocycles. The van der Waals surface area contributed by atoms with Crippen molar-refractivity contribution in [1.29, 1.82) is 0 Å². The number of aliphatic carboxylic acids is 1. The molecule has 34 heavy (non-hydrogen) atoms. The van der Waals surface area contributed by atoms with Crippen LogP contribution in [0.2, 0.25) is 0 Å². The number of benzene rings is 2. The van der Waals surface area contributed by atoms with Crippen LogP contribution in [-0.2, 0) is 14.4 Å². The van der Waals surface area contributed by atoms with Crippen molar-refractivity contribution in [2.24, 2.45) is 5.16 Å². The number of para-hydroxylation sites is 1. The first-order valence-electron chi connectivity index (χ1n) is 11.1. The maximum absolute atomic E-state index is 12.9. The number of carboxylic acid groups (broad SMARTS) is 1. The number of hydrogen-bond acceptors (Lipinski definition) is 7. The van der Waals surface area contributed by atoms with Crippen molar-refractivity contribution in [3.8, 4) is 0 Å². The number of fused-ring (bicyclic) bond motifs is 2. The van der Waals surface area contributed by atoms with Crippen LogP contribution in [0, 0.1) is 0 Å². The van der Waals surface area contributed by atoms with E-state index in [1.165, 1.54) is 0 Å². The molecule has 0 aromatic heterocycles. The smallest absolute Gasteiger partial charge is 0.317 e. The fourth-order valence-electron chi connectivity index (χ4n) is 4.43. The molecule has 3 aliphatic heterocycles. The van der Waals surface area contributed by atoms with Crippen LogP contribution in [0.25, 0.3) is 5.57 Å². The van der Waals surface area contributed by atoms with E-state index in [-0.39, 0.29) is 12.5 Å². The summed E-state index contributed by atoms with van der Waals surface area (Å²) in [5.41, 5.74) is 5.07. The summed E-state index contributed by atoms with van der Waals surface area (Å²) >= 11 is 3.49. The molecule has 0 saturated carbocycles. The molecule has 1 fully saturated rings. The number of allylic oxidation sites excluding steroid dienone is 1. The van der Waals surface area contributed by atoms with E-state index in [0.29, 0.717) is 30.1 Å². The molecular formula is C24H24BrN5O4. The summed E-state index contributed by atoms with van der Waals surface area (Å²) in [6, 6.07) is 13.4. The van der Waals surface area contributed by atoms with E-state index < -0.39 is 5.97 Å². The lowest BCUT2D eigenvalue weighted by molar-refractivity contribution is -0.138. The van der Waals surface area contributed by atoms with Crippen molar-refractivity contribution in [1.82, 2.24) is 9.80 Å². The van der Waals surface area contributed by atoms with Crippen LogP contribution in [0.3, 0.4) is 0 Å². The highest BCUT2D eigenvalue weighted by molar-refractivity contribution is 9.10. The fourth-order valence-corrected chi connectivity index (χ4v) is 4.79. The van der Waals surface area contributed by atoms with Crippen LogP contribution in [-0.4, -0.2) is 78.4 Å². The second kappa shape index (κ2) is 9.57. The number of carbonyl (C=O) groups is 2. The molecule has 3 heterocycles. The number of piperazine rings is 1. The van der Waals surface area contributed by atoms with Crippen LogP contribution < -0.4 is 10.6 Å². The average molecular weight is 526 g/mol. The Morgan fingerprint density at radius 3 is 2.56 bits per heavy atom. The van der Waals surface area contributed by atoms with Gasteiger partial charge in [-0.15, -0.1) is 0 Å². The predicted octanol–water partition coefficient (Wildman–Crippen LogP) is 2.66. The Bertz CT molecular complexity index is 1200. The van der Waals surface area contributed by atoms with E-state index in [4.69, 9.17) is 9.94 Å². The minimum absolute atomic E-state index is 0.0785. The van der Waals surface area contributed by atoms with Crippen molar-refractivity contribution in [2.45, 2.75) is 0 Å². The molecule has 3 aliphatic rings. The number of oxime groups is 1. The van der Waals surface area contributed by atoms with Crippen molar-refractivity contribution in [2.75, 3.05) is 56.5 Å². The van der Waals surface area contributed by atoms with Gasteiger partial charge >= 0.3 is 5.97 Å². The lowest BCUT2D eigenvalue weighted by Gasteiger charge is -2.33. The van der Waals surface area contributed by atoms with Gasteiger partial charge in [-0.1, -0.05) is 39.3 Å². The normalized spacial score (nSPS) is 21.2. The number of hydrogen-bond donors (Lipinski definition) is 3. The molecule has 0 spiro atoms. The van der Waals surface area contributed by atoms with Gasteiger partial charge in [0.1, 0.15) is 12.3 Å². The number of carbonyl (C=O) groups excluding carboxylic acids is 1. The zero-order valence-electron chi connectivity index (χ0n) is 18.4. The molecule has 0 unspecified atom stereocenters. The number of rotatable bonds is 6. The number of nitrogens with one attached hydrogen (secondary N) is 2. The molecule has 0 bridgehead atoms. The molecule has 10 heteroatoms. The van der Waals surface area contributed by atoms with Gasteiger partial charge in [0.15, 0.2) is 0 Å². The lowest BCUT2D eigenvalue weighted by atomic mass is 10.0. The molecule has 9 nitrogen and oxygen atoms in total. The molecule has 0 atom stereocenters. The highest BCUT2D eigenvalue weighted by Crippen LogP contribution is 2.40. The Morgan fingerprint density at radius 1 is 1.03 bits per heavy atom. The van der Waals surface area contributed by atoms with Crippen LogP contribution in [0.15, 0.2) is 57.8 Å². The Hall–Kier alpha value is -3.21. The van der Waals surface area contributed by atoms with Crippen molar-refractivity contribution in [3.05, 3.63) is 63.8 Å². The fraction of sp³-hybridized carbons (Fsp3) is 0.292. The molecule has 5 rings (SSSR count). The van der Waals surface area contributed by atoms with Crippen molar-refractivity contribution < 1.29 is 19.5 Å². The van der Waals surface area contributed by atoms with Gasteiger partial charge in [0.05, 0.1) is 17.8 Å². The highest BCUT2D eigenvalue weighted by atomic mass is 79.9. The first kappa shape index (κ1) is 22.6. The van der Waals surface area contributed by atoms with Crippen LogP contribution in [0.5, 0.6) is 0 Å². The van der Waals surface area contributed by atoms with Crippen molar-refractivity contribution >= 4 is 50.5 Å². The van der Waals surface area contributed by atoms with Crippen LogP contribution in [0.1, 0.15) is 11.1 Å². The zero-order valence-corrected chi connectivity index (χ0v) is 20.0. The summed E-state index contributed by atoms with van der Waals surface area (Å²) in [5, 5.41) is 19.7. The van der Waals surface area contributed by atoms with Gasteiger partial charge in [0, 0.05) is 59.7 Å². The molecule has 176 valence electrons. The molecule has 0 radical (unpaired) electrons. The first-order valence-corrected chi connectivity index (χ1v) is 11.9. The minimum Gasteiger partial charge on any atom is -0.480 e. The molecular weight excluding hydrogens is 502 g/mol. The first-order chi connectivity index (χ1) is 16.5. The maximum Gasteiger partial charge on any atom is 0.317 e. The summed E-state index contributed by atoms with van der Waals surface area (Å²) in [6.45, 7) is 4.18. The predicted molar refractivity (Wildman–Crippen MR) is 133 cm³/mol. The number of amides is 1. The molecule has 3 N–H and O–H groups in total. The summed E-state index contributed by atoms with van der Waals surface area (Å²) < 4.78 is 0.884. The van der Waals surface area contributed by atoms with Gasteiger partial charge in [-0.05, 0) is 24.3 Å². The van der Waals surface area contributed by atoms with Crippen LogP contribution in [0.4, 0.5) is 11.4 Å². The SMILES string of the molecule is O=C(O)CN1CCN(CCO/N=C2/C(=C3/C(=O)Nc4ccc(Br)cc43)Nc3ccccc32)CC1. The summed E-state index contributed by atoms with van der Waals surface area (Å²) in [4.78, 5) is 33.7. The van der Waals surface area contributed by atoms with Gasteiger partial charge in [0.25, 0.3) is 5.91 Å². The highest BCUT2D eigenvalue weighted by Gasteiger charge is 2.34. The average Bonchev–Trinajstić information content (AvgIpc) is 3.33. The maximum atomic E-state index is 12.9. The third-order valence-electron chi connectivity index (χ3n) is 6.13. The second-order valence-electron chi connectivity index (χ2n) is 8.35. The van der Waals surface area contributed by atoms with Gasteiger partial charge in [-0.3, -0.25) is 19.4 Å². The van der Waals surface area contributed by atoms with E-state index in [9.17, 15) is 9.59 Å². The lowest BCUT2D eigenvalue weighted by Crippen LogP contribution is -2.48. The molecule has 2 aromatic carbocycles. The number of nitrogens with zero attached hydrogens (tertiary/aromatic N) is 3. The van der Waals surface area contributed by atoms with Gasteiger partial charge < -0.3 is 20.6 Å². The summed E-state index contributed by atoms with van der Waals surface area (Å²) in [7, 11) is 0. The van der Waals surface area contributed by atoms with E-state index in [1.807, 2.05) is 47.4 Å². The number of anilines is 2. The largest absolute Gasteiger partial charge is 0.480 e. The minimum atomic E-state index is -0.797. The Kier molecular flexibility index (Phi) is 6.36. The number of halogens is 1. The Morgan fingerprint density at radius 2 is 1.76 bits per heavy atom. The Labute approximate surface area is 205 Å². The third-order valence-corrected chi connectivity index (χ3v) is 6.63. The molecule has 2 aromatic rings. The standard InChI is InChI=1S/C24H24BrN5O4/c25-15-5-6-19-17(13-15)21(24(33)27-19)23-22(16-3-1-2-4-18(16)26-23)28-34-12-11-29-7-9-30(10-8-29)14-20(31)32/h1-6,13,26H,7-12,14H2,(H,27,33)(H,31,32)/b23-21-,28-22+. The Balaban J connectivity index is 1.33.